The molecule has 1 aliphatic rings. The lowest BCUT2D eigenvalue weighted by molar-refractivity contribution is -0.134. The molecule has 152 valence electrons. The van der Waals surface area contributed by atoms with E-state index in [0.29, 0.717) is 6.42 Å². The van der Waals surface area contributed by atoms with Crippen LogP contribution in [0.25, 0.3) is 0 Å². The number of aliphatic hydroxyl groups is 1. The van der Waals surface area contributed by atoms with Gasteiger partial charge >= 0.3 is 6.09 Å². The fourth-order valence-corrected chi connectivity index (χ4v) is 3.69. The van der Waals surface area contributed by atoms with Gasteiger partial charge in [-0.3, -0.25) is 4.79 Å². The number of ether oxygens (including phenoxy) is 1. The fraction of sp³-hybridized carbons (Fsp3) is 0.900. The number of aliphatic hydroxyl groups excluding tert-OH is 1. The van der Waals surface area contributed by atoms with Crippen LogP contribution in [0, 0.1) is 11.3 Å². The number of carbonyl (C=O) groups excluding carboxylic acids is 2. The smallest absolute Gasteiger partial charge is 0.407 e. The Morgan fingerprint density at radius 2 is 1.85 bits per heavy atom. The van der Waals surface area contributed by atoms with Gasteiger partial charge in [-0.2, -0.15) is 0 Å². The Morgan fingerprint density at radius 1 is 1.23 bits per heavy atom. The van der Waals surface area contributed by atoms with Crippen molar-refractivity contribution in [2.75, 3.05) is 6.54 Å². The van der Waals surface area contributed by atoms with Gasteiger partial charge < -0.3 is 20.5 Å². The molecule has 3 N–H and O–H groups in total. The van der Waals surface area contributed by atoms with Crippen molar-refractivity contribution in [3.8, 4) is 0 Å². The third-order valence-corrected chi connectivity index (χ3v) is 5.48. The molecule has 0 unspecified atom stereocenters. The quantitative estimate of drug-likeness (QED) is 0.641. The maximum absolute atomic E-state index is 12.9. The third kappa shape index (κ3) is 6.45. The predicted octanol–water partition coefficient (Wildman–Crippen LogP) is 3.37. The third-order valence-electron chi connectivity index (χ3n) is 5.48. The van der Waals surface area contributed by atoms with Gasteiger partial charge in [-0.05, 0) is 46.5 Å². The summed E-state index contributed by atoms with van der Waals surface area (Å²) >= 11 is 0. The summed E-state index contributed by atoms with van der Waals surface area (Å²) in [6.45, 7) is 11.7. The predicted molar refractivity (Wildman–Crippen MR) is 103 cm³/mol. The molecular weight excluding hydrogens is 332 g/mol. The summed E-state index contributed by atoms with van der Waals surface area (Å²) in [4.78, 5) is 25.1. The van der Waals surface area contributed by atoms with Crippen molar-refractivity contribution in [1.82, 2.24) is 10.6 Å². The molecule has 2 amide bonds. The van der Waals surface area contributed by atoms with E-state index in [0.717, 1.165) is 32.1 Å². The number of hydrogen-bond acceptors (Lipinski definition) is 4. The average Bonchev–Trinajstić information content (AvgIpc) is 2.54. The van der Waals surface area contributed by atoms with Gasteiger partial charge in [-0.15, -0.1) is 0 Å². The Balaban J connectivity index is 2.72. The van der Waals surface area contributed by atoms with Crippen molar-refractivity contribution < 1.29 is 19.4 Å². The minimum Gasteiger partial charge on any atom is -0.444 e. The molecule has 0 spiro atoms. The lowest BCUT2D eigenvalue weighted by Gasteiger charge is -2.40. The highest BCUT2D eigenvalue weighted by molar-refractivity contribution is 5.84. The molecule has 1 aliphatic carbocycles. The topological polar surface area (TPSA) is 87.7 Å². The van der Waals surface area contributed by atoms with Crippen molar-refractivity contribution in [3.05, 3.63) is 0 Å². The Hall–Kier alpha value is -1.30. The summed E-state index contributed by atoms with van der Waals surface area (Å²) < 4.78 is 5.35. The second-order valence-corrected chi connectivity index (χ2v) is 8.72. The number of hydrogen-bond donors (Lipinski definition) is 3. The second-order valence-electron chi connectivity index (χ2n) is 8.72. The van der Waals surface area contributed by atoms with Crippen LogP contribution in [0.4, 0.5) is 4.79 Å². The van der Waals surface area contributed by atoms with Crippen LogP contribution in [-0.4, -0.2) is 41.4 Å². The van der Waals surface area contributed by atoms with Crippen molar-refractivity contribution in [2.45, 2.75) is 97.8 Å². The van der Waals surface area contributed by atoms with Gasteiger partial charge in [0.2, 0.25) is 5.91 Å². The van der Waals surface area contributed by atoms with E-state index in [1.807, 2.05) is 41.5 Å². The van der Waals surface area contributed by atoms with Crippen molar-refractivity contribution in [2.24, 2.45) is 11.3 Å². The van der Waals surface area contributed by atoms with Crippen LogP contribution < -0.4 is 10.6 Å². The first-order chi connectivity index (χ1) is 12.0. The Bertz CT molecular complexity index is 471. The molecule has 0 saturated heterocycles. The summed E-state index contributed by atoms with van der Waals surface area (Å²) in [6, 6.07) is -0.267. The summed E-state index contributed by atoms with van der Waals surface area (Å²) in [7, 11) is 0. The molecule has 0 bridgehead atoms. The van der Waals surface area contributed by atoms with Crippen LogP contribution in [0.15, 0.2) is 0 Å². The second kappa shape index (κ2) is 9.58. The number of carbonyl (C=O) groups is 2. The van der Waals surface area contributed by atoms with Crippen molar-refractivity contribution in [1.29, 1.82) is 0 Å². The highest BCUT2D eigenvalue weighted by Gasteiger charge is 2.44. The van der Waals surface area contributed by atoms with Gasteiger partial charge in [0.1, 0.15) is 5.60 Å². The number of amides is 2. The van der Waals surface area contributed by atoms with E-state index in [4.69, 9.17) is 4.74 Å². The molecule has 1 fully saturated rings. The van der Waals surface area contributed by atoms with E-state index in [1.54, 1.807) is 0 Å². The molecule has 1 rings (SSSR count). The first-order valence-electron chi connectivity index (χ1n) is 9.99. The molecule has 0 aromatic heterocycles. The molecule has 3 atom stereocenters. The normalized spacial score (nSPS) is 24.8. The average molecular weight is 371 g/mol. The minimum absolute atomic E-state index is 0.108. The van der Waals surface area contributed by atoms with Crippen LogP contribution in [0.3, 0.4) is 0 Å². The van der Waals surface area contributed by atoms with E-state index >= 15 is 0 Å². The maximum Gasteiger partial charge on any atom is 0.407 e. The molecule has 26 heavy (non-hydrogen) atoms. The first kappa shape index (κ1) is 22.7. The van der Waals surface area contributed by atoms with Crippen LogP contribution >= 0.6 is 0 Å². The Labute approximate surface area is 158 Å². The van der Waals surface area contributed by atoms with Crippen LogP contribution in [-0.2, 0) is 9.53 Å². The summed E-state index contributed by atoms with van der Waals surface area (Å²) in [6.07, 6.45) is 4.12. The van der Waals surface area contributed by atoms with E-state index in [2.05, 4.69) is 10.6 Å². The van der Waals surface area contributed by atoms with Crippen LogP contribution in [0.5, 0.6) is 0 Å². The van der Waals surface area contributed by atoms with Crippen molar-refractivity contribution in [3.63, 3.8) is 0 Å². The summed E-state index contributed by atoms with van der Waals surface area (Å²) in [5.74, 6) is 0.0772. The lowest BCUT2D eigenvalue weighted by Crippen LogP contribution is -2.57. The molecule has 0 aromatic rings. The molecule has 0 aromatic carbocycles. The Kier molecular flexibility index (Phi) is 8.38. The summed E-state index contributed by atoms with van der Waals surface area (Å²) in [5, 5.41) is 16.1. The van der Waals surface area contributed by atoms with Gasteiger partial charge in [-0.25, -0.2) is 4.79 Å². The largest absolute Gasteiger partial charge is 0.444 e. The standard InChI is InChI=1S/C20H38N2O4/c1-7-14(8-2)15(23)13-21-17(24)20(6)12-10-9-11-16(20)22-18(25)26-19(3,4)5/h14-16,23H,7-13H2,1-6H3,(H,21,24)(H,22,25)/t15-,16-,20+/m1/s1. The molecule has 1 saturated carbocycles. The number of rotatable bonds is 7. The minimum atomic E-state index is -0.692. The van der Waals surface area contributed by atoms with Gasteiger partial charge in [0.05, 0.1) is 11.5 Å². The van der Waals surface area contributed by atoms with Crippen LogP contribution in [0.2, 0.25) is 0 Å². The van der Waals surface area contributed by atoms with Crippen molar-refractivity contribution >= 4 is 12.0 Å². The molecule has 0 heterocycles. The lowest BCUT2D eigenvalue weighted by atomic mass is 9.71. The van der Waals surface area contributed by atoms with Crippen LogP contribution in [0.1, 0.15) is 80.1 Å². The molecular formula is C20H38N2O4. The summed E-state index contributed by atoms with van der Waals surface area (Å²) in [5.41, 5.74) is -1.26. The zero-order valence-electron chi connectivity index (χ0n) is 17.4. The van der Waals surface area contributed by atoms with E-state index < -0.39 is 23.2 Å². The molecule has 6 heteroatoms. The molecule has 0 radical (unpaired) electrons. The zero-order valence-corrected chi connectivity index (χ0v) is 17.4. The Morgan fingerprint density at radius 3 is 2.38 bits per heavy atom. The van der Waals surface area contributed by atoms with Gasteiger partial charge in [0.15, 0.2) is 0 Å². The van der Waals surface area contributed by atoms with Gasteiger partial charge in [0, 0.05) is 12.6 Å². The highest BCUT2D eigenvalue weighted by Crippen LogP contribution is 2.36. The van der Waals surface area contributed by atoms with Gasteiger partial charge in [0.25, 0.3) is 0 Å². The van der Waals surface area contributed by atoms with E-state index in [-0.39, 0.29) is 24.4 Å². The first-order valence-corrected chi connectivity index (χ1v) is 9.99. The zero-order chi connectivity index (χ0) is 20.0. The number of nitrogens with one attached hydrogen (secondary N) is 2. The monoisotopic (exact) mass is 370 g/mol. The SMILES string of the molecule is CCC(CC)[C@H](O)CNC(=O)[C@@]1(C)CCCC[C@H]1NC(=O)OC(C)(C)C. The van der Waals surface area contributed by atoms with E-state index in [1.165, 1.54) is 0 Å². The maximum atomic E-state index is 12.9. The van der Waals surface area contributed by atoms with E-state index in [9.17, 15) is 14.7 Å². The number of alkyl carbamates (subject to hydrolysis) is 1. The van der Waals surface area contributed by atoms with Gasteiger partial charge in [-0.1, -0.05) is 39.5 Å². The molecule has 6 nitrogen and oxygen atoms in total. The highest BCUT2D eigenvalue weighted by atomic mass is 16.6. The molecule has 0 aliphatic heterocycles. The fourth-order valence-electron chi connectivity index (χ4n) is 3.69.